The second-order valence-electron chi connectivity index (χ2n) is 7.36. The molecule has 0 aliphatic heterocycles. The van der Waals surface area contributed by atoms with Gasteiger partial charge in [0, 0.05) is 6.54 Å². The molecule has 0 aliphatic rings. The van der Waals surface area contributed by atoms with Gasteiger partial charge in [0.05, 0.1) is 23.4 Å². The molecule has 8 nitrogen and oxygen atoms in total. The molecule has 0 unspecified atom stereocenters. The van der Waals surface area contributed by atoms with Crippen molar-refractivity contribution >= 4 is 17.5 Å². The van der Waals surface area contributed by atoms with Gasteiger partial charge in [-0.25, -0.2) is 4.68 Å². The molecule has 0 saturated carbocycles. The second-order valence-corrected chi connectivity index (χ2v) is 7.36. The van der Waals surface area contributed by atoms with Crippen molar-refractivity contribution < 1.29 is 9.59 Å². The number of hydrogen-bond acceptors (Lipinski definition) is 5. The highest BCUT2D eigenvalue weighted by molar-refractivity contribution is 6.04. The Hall–Kier alpha value is -4.33. The summed E-state index contributed by atoms with van der Waals surface area (Å²) in [5.74, 6) is -0.453. The molecule has 0 saturated heterocycles. The third-order valence-corrected chi connectivity index (χ3v) is 4.93. The molecule has 0 radical (unpaired) electrons. The molecule has 2 amide bonds. The molecular weight excluding hydrogens is 404 g/mol. The van der Waals surface area contributed by atoms with E-state index in [1.807, 2.05) is 55.5 Å². The molecule has 3 aromatic carbocycles. The lowest BCUT2D eigenvalue weighted by molar-refractivity contribution is -0.115. The summed E-state index contributed by atoms with van der Waals surface area (Å²) in [7, 11) is 0. The fourth-order valence-electron chi connectivity index (χ4n) is 3.20. The molecule has 32 heavy (non-hydrogen) atoms. The molecule has 0 aliphatic carbocycles. The number of anilines is 1. The Balaban J connectivity index is 1.38. The Morgan fingerprint density at radius 3 is 2.34 bits per heavy atom. The van der Waals surface area contributed by atoms with Gasteiger partial charge in [-0.15, -0.1) is 5.10 Å². The lowest BCUT2D eigenvalue weighted by Crippen LogP contribution is -2.25. The molecule has 1 heterocycles. The summed E-state index contributed by atoms with van der Waals surface area (Å²) in [6.07, 6.45) is 1.68. The van der Waals surface area contributed by atoms with Gasteiger partial charge in [-0.3, -0.25) is 9.59 Å². The predicted molar refractivity (Wildman–Crippen MR) is 120 cm³/mol. The highest BCUT2D eigenvalue weighted by atomic mass is 16.2. The minimum atomic E-state index is -0.243. The Bertz CT molecular complexity index is 1200. The first-order chi connectivity index (χ1) is 15.6. The van der Waals surface area contributed by atoms with E-state index in [4.69, 9.17) is 0 Å². The minimum absolute atomic E-state index is 0.176. The number of carbonyl (C=O) groups excluding carboxylic acids is 2. The van der Waals surface area contributed by atoms with Crippen LogP contribution in [-0.4, -0.2) is 32.0 Å². The average molecular weight is 426 g/mol. The Labute approximate surface area is 185 Å². The fourth-order valence-corrected chi connectivity index (χ4v) is 3.20. The van der Waals surface area contributed by atoms with Crippen LogP contribution in [0.3, 0.4) is 0 Å². The van der Waals surface area contributed by atoms with Crippen LogP contribution < -0.4 is 10.6 Å². The predicted octanol–water partition coefficient (Wildman–Crippen LogP) is 3.08. The summed E-state index contributed by atoms with van der Waals surface area (Å²) in [6.45, 7) is 2.43. The summed E-state index contributed by atoms with van der Waals surface area (Å²) in [5, 5.41) is 16.8. The zero-order valence-corrected chi connectivity index (χ0v) is 17.5. The number of nitrogens with one attached hydrogen (secondary N) is 2. The molecule has 4 aromatic rings. The zero-order chi connectivity index (χ0) is 22.3. The van der Waals surface area contributed by atoms with Crippen LogP contribution >= 0.6 is 0 Å². The topological polar surface area (TPSA) is 102 Å². The van der Waals surface area contributed by atoms with Gasteiger partial charge in [-0.1, -0.05) is 54.1 Å². The standard InChI is InChI=1S/C24H22N6O2/c1-17-6-8-19(9-7-17)15-25-24(32)21-4-2-3-5-22(21)27-23(31)14-18-10-12-20(13-11-18)30-16-26-28-29-30/h2-13,16H,14-15H2,1H3,(H,25,32)(H,27,31). The maximum Gasteiger partial charge on any atom is 0.253 e. The highest BCUT2D eigenvalue weighted by Gasteiger charge is 2.13. The average Bonchev–Trinajstić information content (AvgIpc) is 3.34. The van der Waals surface area contributed by atoms with Crippen LogP contribution in [0, 0.1) is 6.92 Å². The van der Waals surface area contributed by atoms with Crippen molar-refractivity contribution in [3.63, 3.8) is 0 Å². The first kappa shape index (κ1) is 20.9. The van der Waals surface area contributed by atoms with Crippen LogP contribution in [0.15, 0.2) is 79.1 Å². The lowest BCUT2D eigenvalue weighted by atomic mass is 10.1. The Morgan fingerprint density at radius 2 is 1.62 bits per heavy atom. The van der Waals surface area contributed by atoms with Crippen molar-refractivity contribution in [1.82, 2.24) is 25.5 Å². The maximum atomic E-state index is 12.7. The smallest absolute Gasteiger partial charge is 0.253 e. The molecule has 8 heteroatoms. The number of hydrogen-bond donors (Lipinski definition) is 2. The van der Waals surface area contributed by atoms with Gasteiger partial charge in [-0.2, -0.15) is 0 Å². The van der Waals surface area contributed by atoms with E-state index in [0.29, 0.717) is 17.8 Å². The third kappa shape index (κ3) is 5.23. The molecule has 0 spiro atoms. The lowest BCUT2D eigenvalue weighted by Gasteiger charge is -2.12. The highest BCUT2D eigenvalue weighted by Crippen LogP contribution is 2.16. The summed E-state index contributed by atoms with van der Waals surface area (Å²) in [5.41, 5.74) is 4.70. The zero-order valence-electron chi connectivity index (χ0n) is 17.5. The third-order valence-electron chi connectivity index (χ3n) is 4.93. The monoisotopic (exact) mass is 426 g/mol. The van der Waals surface area contributed by atoms with Crippen LogP contribution in [0.25, 0.3) is 5.69 Å². The Morgan fingerprint density at radius 1 is 0.906 bits per heavy atom. The van der Waals surface area contributed by atoms with Crippen molar-refractivity contribution in [3.8, 4) is 5.69 Å². The molecule has 4 rings (SSSR count). The number of aromatic nitrogens is 4. The van der Waals surface area contributed by atoms with E-state index < -0.39 is 0 Å². The molecule has 2 N–H and O–H groups in total. The van der Waals surface area contributed by atoms with E-state index in [9.17, 15) is 9.59 Å². The van der Waals surface area contributed by atoms with Crippen molar-refractivity contribution in [2.75, 3.05) is 5.32 Å². The van der Waals surface area contributed by atoms with E-state index in [2.05, 4.69) is 26.2 Å². The van der Waals surface area contributed by atoms with Gasteiger partial charge in [0.15, 0.2) is 0 Å². The van der Waals surface area contributed by atoms with E-state index in [1.165, 1.54) is 11.0 Å². The summed E-state index contributed by atoms with van der Waals surface area (Å²) in [4.78, 5) is 25.3. The summed E-state index contributed by atoms with van der Waals surface area (Å²) < 4.78 is 1.54. The van der Waals surface area contributed by atoms with Crippen LogP contribution in [0.2, 0.25) is 0 Å². The van der Waals surface area contributed by atoms with Crippen LogP contribution in [-0.2, 0) is 17.8 Å². The maximum absolute atomic E-state index is 12.7. The van der Waals surface area contributed by atoms with Gasteiger partial charge in [-0.05, 0) is 52.7 Å². The molecule has 0 bridgehead atoms. The van der Waals surface area contributed by atoms with E-state index in [-0.39, 0.29) is 18.2 Å². The summed E-state index contributed by atoms with van der Waals surface area (Å²) in [6, 6.07) is 22.3. The molecule has 160 valence electrons. The van der Waals surface area contributed by atoms with Gasteiger partial charge in [0.2, 0.25) is 5.91 Å². The van der Waals surface area contributed by atoms with Gasteiger partial charge >= 0.3 is 0 Å². The SMILES string of the molecule is Cc1ccc(CNC(=O)c2ccccc2NC(=O)Cc2ccc(-n3cnnn3)cc2)cc1. The number of para-hydroxylation sites is 1. The minimum Gasteiger partial charge on any atom is -0.348 e. The van der Waals surface area contributed by atoms with Crippen molar-refractivity contribution in [3.05, 3.63) is 101 Å². The van der Waals surface area contributed by atoms with E-state index in [1.54, 1.807) is 24.3 Å². The van der Waals surface area contributed by atoms with Gasteiger partial charge < -0.3 is 10.6 Å². The second kappa shape index (κ2) is 9.65. The number of carbonyl (C=O) groups is 2. The number of nitrogens with zero attached hydrogens (tertiary/aromatic N) is 4. The largest absolute Gasteiger partial charge is 0.348 e. The van der Waals surface area contributed by atoms with Gasteiger partial charge in [0.25, 0.3) is 5.91 Å². The quantitative estimate of drug-likeness (QED) is 0.473. The fraction of sp³-hybridized carbons (Fsp3) is 0.125. The first-order valence-corrected chi connectivity index (χ1v) is 10.1. The molecule has 0 fully saturated rings. The van der Waals surface area contributed by atoms with Crippen LogP contribution in [0.4, 0.5) is 5.69 Å². The molecular formula is C24H22N6O2. The normalized spacial score (nSPS) is 10.5. The van der Waals surface area contributed by atoms with Crippen LogP contribution in [0.5, 0.6) is 0 Å². The van der Waals surface area contributed by atoms with Gasteiger partial charge in [0.1, 0.15) is 6.33 Å². The Kier molecular flexibility index (Phi) is 6.31. The van der Waals surface area contributed by atoms with Crippen molar-refractivity contribution in [2.24, 2.45) is 0 Å². The number of benzene rings is 3. The van der Waals surface area contributed by atoms with Crippen LogP contribution in [0.1, 0.15) is 27.0 Å². The van der Waals surface area contributed by atoms with Crippen molar-refractivity contribution in [2.45, 2.75) is 19.9 Å². The summed E-state index contributed by atoms with van der Waals surface area (Å²) >= 11 is 0. The first-order valence-electron chi connectivity index (χ1n) is 10.1. The molecule has 0 atom stereocenters. The van der Waals surface area contributed by atoms with Crippen molar-refractivity contribution in [1.29, 1.82) is 0 Å². The van der Waals surface area contributed by atoms with E-state index >= 15 is 0 Å². The number of tetrazole rings is 1. The van der Waals surface area contributed by atoms with E-state index in [0.717, 1.165) is 22.4 Å². The number of aryl methyl sites for hydroxylation is 1. The number of amides is 2. The molecule has 1 aromatic heterocycles. The number of rotatable bonds is 7.